The van der Waals surface area contributed by atoms with Crippen molar-refractivity contribution < 1.29 is 5.11 Å². The molecule has 0 atom stereocenters. The normalized spacial score (nSPS) is 11.1. The van der Waals surface area contributed by atoms with Gasteiger partial charge in [-0.1, -0.05) is 71.6 Å². The molecule has 3 nitrogen and oxygen atoms in total. The monoisotopic (exact) mass is 321 g/mol. The summed E-state index contributed by atoms with van der Waals surface area (Å²) in [5, 5.41) is 10.00. The summed E-state index contributed by atoms with van der Waals surface area (Å²) in [5.74, 6) is 0.112. The fourth-order valence-corrected chi connectivity index (χ4v) is 3.20. The lowest BCUT2D eigenvalue weighted by molar-refractivity contribution is 0.396. The number of hydrogen-bond acceptors (Lipinski definition) is 2. The number of hydrogen-bond donors (Lipinski definition) is 1. The van der Waals surface area contributed by atoms with E-state index in [-0.39, 0.29) is 11.4 Å². The second-order valence-corrected chi connectivity index (χ2v) is 6.66. The van der Waals surface area contributed by atoms with Gasteiger partial charge in [-0.15, -0.1) is 0 Å². The van der Waals surface area contributed by atoms with E-state index in [1.165, 1.54) is 55.9 Å². The predicted octanol–water partition coefficient (Wildman–Crippen LogP) is 5.35. The summed E-state index contributed by atoms with van der Waals surface area (Å²) in [7, 11) is 0. The van der Waals surface area contributed by atoms with Gasteiger partial charge in [-0.2, -0.15) is 0 Å². The minimum atomic E-state index is -0.0130. The number of aromatic nitrogens is 1. The molecule has 0 aliphatic heterocycles. The standard InChI is InChI=1S/C20H35NO2/c1-4-6-7-8-9-10-11-12-13-14-15-21-19(22)16-17(3)18(5-2)20(21)23/h16,22H,4-15H2,1-3H3. The van der Waals surface area contributed by atoms with E-state index >= 15 is 0 Å². The predicted molar refractivity (Wildman–Crippen MR) is 98.3 cm³/mol. The third kappa shape index (κ3) is 6.80. The van der Waals surface area contributed by atoms with Crippen LogP contribution in [0.4, 0.5) is 0 Å². The zero-order valence-electron chi connectivity index (χ0n) is 15.4. The fourth-order valence-electron chi connectivity index (χ4n) is 3.20. The van der Waals surface area contributed by atoms with Crippen LogP contribution in [-0.4, -0.2) is 9.67 Å². The van der Waals surface area contributed by atoms with Crippen molar-refractivity contribution in [2.24, 2.45) is 0 Å². The smallest absolute Gasteiger partial charge is 0.256 e. The number of aryl methyl sites for hydroxylation is 1. The van der Waals surface area contributed by atoms with Gasteiger partial charge in [0.15, 0.2) is 5.88 Å². The van der Waals surface area contributed by atoms with Crippen molar-refractivity contribution in [3.63, 3.8) is 0 Å². The SMILES string of the molecule is CCCCCCCCCCCCn1c(O)cc(C)c(CC)c1=O. The van der Waals surface area contributed by atoms with E-state index in [1.807, 2.05) is 13.8 Å². The Bertz CT molecular complexity index is 505. The van der Waals surface area contributed by atoms with E-state index in [1.54, 1.807) is 6.07 Å². The van der Waals surface area contributed by atoms with Crippen LogP contribution in [0.15, 0.2) is 10.9 Å². The molecule has 1 heterocycles. The first kappa shape index (κ1) is 19.8. The summed E-state index contributed by atoms with van der Waals surface area (Å²) < 4.78 is 1.54. The molecule has 0 radical (unpaired) electrons. The molecule has 0 aromatic carbocycles. The van der Waals surface area contributed by atoms with Crippen LogP contribution in [0.3, 0.4) is 0 Å². The highest BCUT2D eigenvalue weighted by Crippen LogP contribution is 2.15. The highest BCUT2D eigenvalue weighted by molar-refractivity contribution is 5.28. The second kappa shape index (κ2) is 11.3. The minimum Gasteiger partial charge on any atom is -0.494 e. The van der Waals surface area contributed by atoms with Gasteiger partial charge in [0, 0.05) is 18.2 Å². The van der Waals surface area contributed by atoms with Crippen LogP contribution in [0.25, 0.3) is 0 Å². The molecule has 0 saturated carbocycles. The molecule has 0 saturated heterocycles. The molecular weight excluding hydrogens is 286 g/mol. The van der Waals surface area contributed by atoms with Crippen LogP contribution >= 0.6 is 0 Å². The Morgan fingerprint density at radius 2 is 1.43 bits per heavy atom. The molecule has 1 rings (SSSR count). The average Bonchev–Trinajstić information content (AvgIpc) is 2.52. The van der Waals surface area contributed by atoms with Gasteiger partial charge < -0.3 is 5.11 Å². The van der Waals surface area contributed by atoms with Crippen molar-refractivity contribution in [3.05, 3.63) is 27.5 Å². The molecule has 1 aromatic heterocycles. The Labute approximate surface area is 141 Å². The summed E-state index contributed by atoms with van der Waals surface area (Å²) in [5.41, 5.74) is 1.71. The molecule has 0 amide bonds. The van der Waals surface area contributed by atoms with Crippen LogP contribution in [0.5, 0.6) is 5.88 Å². The van der Waals surface area contributed by atoms with Crippen molar-refractivity contribution in [3.8, 4) is 5.88 Å². The van der Waals surface area contributed by atoms with Crippen molar-refractivity contribution in [2.75, 3.05) is 0 Å². The van der Waals surface area contributed by atoms with Crippen molar-refractivity contribution in [1.29, 1.82) is 0 Å². The molecular formula is C20H35NO2. The van der Waals surface area contributed by atoms with Gasteiger partial charge in [0.05, 0.1) is 0 Å². The Balaban J connectivity index is 2.25. The summed E-state index contributed by atoms with van der Waals surface area (Å²) in [6, 6.07) is 1.72. The number of nitrogens with zero attached hydrogens (tertiary/aromatic N) is 1. The quantitative estimate of drug-likeness (QED) is 0.528. The number of unbranched alkanes of at least 4 members (excludes halogenated alkanes) is 9. The van der Waals surface area contributed by atoms with E-state index in [4.69, 9.17) is 0 Å². The minimum absolute atomic E-state index is 0.0130. The molecule has 0 spiro atoms. The molecule has 132 valence electrons. The lowest BCUT2D eigenvalue weighted by Crippen LogP contribution is -2.24. The Morgan fingerprint density at radius 1 is 0.913 bits per heavy atom. The van der Waals surface area contributed by atoms with E-state index in [2.05, 4.69) is 6.92 Å². The highest BCUT2D eigenvalue weighted by atomic mass is 16.3. The summed E-state index contributed by atoms with van der Waals surface area (Å²) in [6.45, 7) is 6.77. The Hall–Kier alpha value is -1.25. The summed E-state index contributed by atoms with van der Waals surface area (Å²) >= 11 is 0. The first-order valence-corrected chi connectivity index (χ1v) is 9.54. The molecule has 0 fully saturated rings. The Kier molecular flexibility index (Phi) is 9.74. The molecule has 0 unspecified atom stereocenters. The summed E-state index contributed by atoms with van der Waals surface area (Å²) in [6.07, 6.45) is 13.5. The van der Waals surface area contributed by atoms with Crippen LogP contribution in [-0.2, 0) is 13.0 Å². The number of aromatic hydroxyl groups is 1. The number of pyridine rings is 1. The van der Waals surface area contributed by atoms with E-state index in [0.29, 0.717) is 6.54 Å². The Morgan fingerprint density at radius 3 is 1.96 bits per heavy atom. The third-order valence-corrected chi connectivity index (χ3v) is 4.69. The molecule has 3 heteroatoms. The molecule has 0 bridgehead atoms. The highest BCUT2D eigenvalue weighted by Gasteiger charge is 2.10. The van der Waals surface area contributed by atoms with Gasteiger partial charge >= 0.3 is 0 Å². The molecule has 1 N–H and O–H groups in total. The second-order valence-electron chi connectivity index (χ2n) is 6.66. The van der Waals surface area contributed by atoms with Gasteiger partial charge in [-0.3, -0.25) is 9.36 Å². The van der Waals surface area contributed by atoms with Gasteiger partial charge in [0.25, 0.3) is 5.56 Å². The molecule has 1 aromatic rings. The maximum Gasteiger partial charge on any atom is 0.256 e. The van der Waals surface area contributed by atoms with Gasteiger partial charge in [0.1, 0.15) is 0 Å². The summed E-state index contributed by atoms with van der Waals surface area (Å²) in [4.78, 5) is 12.3. The van der Waals surface area contributed by atoms with E-state index < -0.39 is 0 Å². The topological polar surface area (TPSA) is 42.2 Å². The molecule has 0 aliphatic carbocycles. The van der Waals surface area contributed by atoms with Crippen LogP contribution in [0.2, 0.25) is 0 Å². The van der Waals surface area contributed by atoms with E-state index in [0.717, 1.165) is 30.4 Å². The lowest BCUT2D eigenvalue weighted by atomic mass is 10.1. The first-order chi connectivity index (χ1) is 11.1. The van der Waals surface area contributed by atoms with Crippen LogP contribution < -0.4 is 5.56 Å². The van der Waals surface area contributed by atoms with Crippen molar-refractivity contribution in [2.45, 2.75) is 97.9 Å². The zero-order valence-corrected chi connectivity index (χ0v) is 15.4. The largest absolute Gasteiger partial charge is 0.494 e. The van der Waals surface area contributed by atoms with Crippen molar-refractivity contribution in [1.82, 2.24) is 4.57 Å². The third-order valence-electron chi connectivity index (χ3n) is 4.69. The van der Waals surface area contributed by atoms with Gasteiger partial charge in [-0.25, -0.2) is 0 Å². The maximum atomic E-state index is 12.3. The van der Waals surface area contributed by atoms with Crippen molar-refractivity contribution >= 4 is 0 Å². The maximum absolute atomic E-state index is 12.3. The number of rotatable bonds is 12. The van der Waals surface area contributed by atoms with Crippen LogP contribution in [0.1, 0.15) is 89.2 Å². The zero-order chi connectivity index (χ0) is 17.1. The lowest BCUT2D eigenvalue weighted by Gasteiger charge is -2.12. The fraction of sp³-hybridized carbons (Fsp3) is 0.750. The van der Waals surface area contributed by atoms with Crippen LogP contribution in [0, 0.1) is 6.92 Å². The van der Waals surface area contributed by atoms with Gasteiger partial charge in [-0.05, 0) is 25.3 Å². The van der Waals surface area contributed by atoms with E-state index in [9.17, 15) is 9.90 Å². The molecule has 0 aliphatic rings. The first-order valence-electron chi connectivity index (χ1n) is 9.54. The van der Waals surface area contributed by atoms with Gasteiger partial charge in [0.2, 0.25) is 0 Å². The average molecular weight is 322 g/mol. The molecule has 23 heavy (non-hydrogen) atoms.